The van der Waals surface area contributed by atoms with Crippen LogP contribution in [0, 0.1) is 11.8 Å². The third-order valence-electron chi connectivity index (χ3n) is 5.94. The van der Waals surface area contributed by atoms with Gasteiger partial charge in [0.05, 0.1) is 0 Å². The monoisotopic (exact) mass is 549 g/mol. The van der Waals surface area contributed by atoms with E-state index in [1.807, 2.05) is 27.7 Å². The number of benzene rings is 1. The van der Waals surface area contributed by atoms with Gasteiger partial charge in [-0.1, -0.05) is 40.2 Å². The number of ether oxygens (including phenoxy) is 5. The van der Waals surface area contributed by atoms with Crippen LogP contribution >= 0.6 is 0 Å². The Hall–Kier alpha value is -3.14. The number of nitrogens with two attached hydrogens (primary N) is 1. The van der Waals surface area contributed by atoms with Gasteiger partial charge in [-0.05, 0) is 68.6 Å². The quantitative estimate of drug-likeness (QED) is 0.267. The molecule has 1 aliphatic rings. The van der Waals surface area contributed by atoms with Crippen LogP contribution in [0.4, 0.5) is 4.79 Å². The summed E-state index contributed by atoms with van der Waals surface area (Å²) in [5.41, 5.74) is 6.63. The van der Waals surface area contributed by atoms with Crippen molar-refractivity contribution in [3.05, 3.63) is 23.8 Å². The van der Waals surface area contributed by atoms with E-state index in [0.717, 1.165) is 32.1 Å². The first-order valence-corrected chi connectivity index (χ1v) is 13.8. The molecule has 10 heteroatoms. The van der Waals surface area contributed by atoms with Crippen LogP contribution < -0.4 is 15.2 Å². The summed E-state index contributed by atoms with van der Waals surface area (Å²) in [5, 5.41) is 0. The average Bonchev–Trinajstić information content (AvgIpc) is 2.83. The number of carbonyl (C=O) groups is 4. The van der Waals surface area contributed by atoms with Crippen LogP contribution in [-0.2, 0) is 35.0 Å². The summed E-state index contributed by atoms with van der Waals surface area (Å²) in [6, 6.07) is 3.64. The molecule has 1 aliphatic carbocycles. The van der Waals surface area contributed by atoms with Gasteiger partial charge in [0.2, 0.25) is 0 Å². The van der Waals surface area contributed by atoms with Crippen molar-refractivity contribution in [2.45, 2.75) is 104 Å². The topological polar surface area (TPSA) is 140 Å². The van der Waals surface area contributed by atoms with E-state index in [4.69, 9.17) is 29.4 Å². The maximum absolute atomic E-state index is 12.5. The van der Waals surface area contributed by atoms with Gasteiger partial charge in [-0.25, -0.2) is 4.79 Å². The second kappa shape index (κ2) is 16.1. The highest BCUT2D eigenvalue weighted by Gasteiger charge is 2.23. The maximum atomic E-state index is 12.5. The van der Waals surface area contributed by atoms with Crippen LogP contribution in [0.5, 0.6) is 11.5 Å². The lowest BCUT2D eigenvalue weighted by atomic mass is 9.98. The zero-order valence-electron chi connectivity index (χ0n) is 23.7. The van der Waals surface area contributed by atoms with Crippen LogP contribution in [-0.4, -0.2) is 48.9 Å². The van der Waals surface area contributed by atoms with Gasteiger partial charge in [0.1, 0.15) is 24.9 Å². The van der Waals surface area contributed by atoms with Crippen LogP contribution in [0.2, 0.25) is 0 Å². The molecule has 39 heavy (non-hydrogen) atoms. The van der Waals surface area contributed by atoms with Crippen molar-refractivity contribution in [3.63, 3.8) is 0 Å². The Kier molecular flexibility index (Phi) is 13.2. The maximum Gasteiger partial charge on any atom is 0.508 e. The Balaban J connectivity index is 1.94. The number of rotatable bonds is 13. The highest BCUT2D eigenvalue weighted by atomic mass is 16.7. The second-order valence-electron chi connectivity index (χ2n) is 10.9. The zero-order valence-corrected chi connectivity index (χ0v) is 23.7. The van der Waals surface area contributed by atoms with Crippen molar-refractivity contribution in [2.24, 2.45) is 17.6 Å². The van der Waals surface area contributed by atoms with E-state index in [-0.39, 0.29) is 55.3 Å². The zero-order chi connectivity index (χ0) is 28.9. The Morgan fingerprint density at radius 2 is 1.46 bits per heavy atom. The summed E-state index contributed by atoms with van der Waals surface area (Å²) in [6.07, 6.45) is 3.70. The molecular weight excluding hydrogens is 506 g/mol. The molecule has 0 aliphatic heterocycles. The SMILES string of the molecule is CC(C)CC(=O)Oc1ccc(C[C@H](N)C(=O)OC[C@H](C)OC(=O)OC2CCCCC2)cc1OC(=O)CC(C)C. The number of esters is 3. The third kappa shape index (κ3) is 12.5. The second-order valence-corrected chi connectivity index (χ2v) is 10.9. The van der Waals surface area contributed by atoms with Gasteiger partial charge in [-0.15, -0.1) is 0 Å². The van der Waals surface area contributed by atoms with E-state index in [1.165, 1.54) is 12.1 Å². The van der Waals surface area contributed by atoms with E-state index in [0.29, 0.717) is 5.56 Å². The molecule has 0 spiro atoms. The molecule has 0 aromatic heterocycles. The molecule has 0 unspecified atom stereocenters. The summed E-state index contributed by atoms with van der Waals surface area (Å²) in [5.74, 6) is -1.23. The number of hydrogen-bond donors (Lipinski definition) is 1. The summed E-state index contributed by atoms with van der Waals surface area (Å²) in [6.45, 7) is 8.98. The van der Waals surface area contributed by atoms with Crippen LogP contribution in [0.3, 0.4) is 0 Å². The fraction of sp³-hybridized carbons (Fsp3) is 0.655. The third-order valence-corrected chi connectivity index (χ3v) is 5.94. The van der Waals surface area contributed by atoms with Crippen LogP contribution in [0.25, 0.3) is 0 Å². The molecule has 1 saturated carbocycles. The number of carbonyl (C=O) groups excluding carboxylic acids is 4. The largest absolute Gasteiger partial charge is 0.508 e. The lowest BCUT2D eigenvalue weighted by Crippen LogP contribution is -2.36. The fourth-order valence-corrected chi connectivity index (χ4v) is 4.03. The highest BCUT2D eigenvalue weighted by molar-refractivity contribution is 5.77. The molecule has 2 rings (SSSR count). The number of hydrogen-bond acceptors (Lipinski definition) is 10. The molecule has 1 aromatic rings. The molecule has 0 radical (unpaired) electrons. The van der Waals surface area contributed by atoms with Gasteiger partial charge in [0, 0.05) is 12.8 Å². The fourth-order valence-electron chi connectivity index (χ4n) is 4.03. The van der Waals surface area contributed by atoms with Crippen molar-refractivity contribution >= 4 is 24.1 Å². The van der Waals surface area contributed by atoms with Crippen LogP contribution in [0.15, 0.2) is 18.2 Å². The molecular formula is C29H43NO9. The molecule has 1 aromatic carbocycles. The molecule has 0 heterocycles. The van der Waals surface area contributed by atoms with Gasteiger partial charge >= 0.3 is 24.1 Å². The van der Waals surface area contributed by atoms with Crippen molar-refractivity contribution < 1.29 is 42.9 Å². The summed E-state index contributed by atoms with van der Waals surface area (Å²) in [7, 11) is 0. The van der Waals surface area contributed by atoms with E-state index in [9.17, 15) is 19.2 Å². The molecule has 0 bridgehead atoms. The van der Waals surface area contributed by atoms with E-state index < -0.39 is 36.2 Å². The minimum absolute atomic E-state index is 0.0761. The Morgan fingerprint density at radius 1 is 0.872 bits per heavy atom. The molecule has 2 atom stereocenters. The van der Waals surface area contributed by atoms with Crippen molar-refractivity contribution in [1.29, 1.82) is 0 Å². The molecule has 1 fully saturated rings. The minimum Gasteiger partial charge on any atom is -0.461 e. The van der Waals surface area contributed by atoms with Crippen LogP contribution in [0.1, 0.15) is 85.1 Å². The first-order chi connectivity index (χ1) is 18.4. The predicted octanol–water partition coefficient (Wildman–Crippen LogP) is 4.88. The molecule has 218 valence electrons. The van der Waals surface area contributed by atoms with Gasteiger partial charge in [0.15, 0.2) is 11.5 Å². The van der Waals surface area contributed by atoms with Gasteiger partial charge in [0.25, 0.3) is 0 Å². The Labute approximate surface area is 230 Å². The minimum atomic E-state index is -1.03. The van der Waals surface area contributed by atoms with Gasteiger partial charge < -0.3 is 29.4 Å². The van der Waals surface area contributed by atoms with Crippen molar-refractivity contribution in [2.75, 3.05) is 6.61 Å². The van der Waals surface area contributed by atoms with E-state index in [1.54, 1.807) is 13.0 Å². The molecule has 10 nitrogen and oxygen atoms in total. The predicted molar refractivity (Wildman–Crippen MR) is 143 cm³/mol. The van der Waals surface area contributed by atoms with Crippen molar-refractivity contribution in [3.8, 4) is 11.5 Å². The Bertz CT molecular complexity index is 970. The van der Waals surface area contributed by atoms with Gasteiger partial charge in [-0.3, -0.25) is 14.4 Å². The molecule has 0 amide bonds. The van der Waals surface area contributed by atoms with Gasteiger partial charge in [-0.2, -0.15) is 0 Å². The average molecular weight is 550 g/mol. The summed E-state index contributed by atoms with van der Waals surface area (Å²) >= 11 is 0. The first kappa shape index (κ1) is 32.1. The van der Waals surface area contributed by atoms with Crippen molar-refractivity contribution in [1.82, 2.24) is 0 Å². The first-order valence-electron chi connectivity index (χ1n) is 13.8. The highest BCUT2D eigenvalue weighted by Crippen LogP contribution is 2.30. The van der Waals surface area contributed by atoms with E-state index in [2.05, 4.69) is 0 Å². The molecule has 2 N–H and O–H groups in total. The lowest BCUT2D eigenvalue weighted by molar-refractivity contribution is -0.148. The molecule has 0 saturated heterocycles. The standard InChI is InChI=1S/C29H43NO9/c1-18(2)13-26(31)38-24-12-11-21(16-25(24)39-27(32)14-19(3)4)15-23(30)28(33)35-17-20(5)36-29(34)37-22-9-7-6-8-10-22/h11-12,16,18-20,22-23H,6-10,13-15,17,30H2,1-5H3/t20-,23-/m0/s1. The summed E-state index contributed by atoms with van der Waals surface area (Å²) < 4.78 is 26.6. The lowest BCUT2D eigenvalue weighted by Gasteiger charge is -2.22. The Morgan fingerprint density at radius 3 is 2.05 bits per heavy atom. The van der Waals surface area contributed by atoms with E-state index >= 15 is 0 Å². The summed E-state index contributed by atoms with van der Waals surface area (Å²) in [4.78, 5) is 49.0. The smallest absolute Gasteiger partial charge is 0.461 e. The normalized spacial score (nSPS) is 15.4.